The van der Waals surface area contributed by atoms with Gasteiger partial charge in [0.25, 0.3) is 5.69 Å². The fourth-order valence-corrected chi connectivity index (χ4v) is 4.13. The van der Waals surface area contributed by atoms with Crippen LogP contribution in [0, 0.1) is 10.1 Å². The lowest BCUT2D eigenvalue weighted by atomic mass is 9.80. The Morgan fingerprint density at radius 3 is 2.30 bits per heavy atom. The number of alkyl halides is 3. The van der Waals surface area contributed by atoms with Gasteiger partial charge in [-0.1, -0.05) is 12.1 Å². The summed E-state index contributed by atoms with van der Waals surface area (Å²) in [6.07, 6.45) is -1.89. The number of benzene rings is 1. The van der Waals surface area contributed by atoms with Gasteiger partial charge < -0.3 is 14.8 Å². The van der Waals surface area contributed by atoms with Gasteiger partial charge in [-0.25, -0.2) is 9.59 Å². The van der Waals surface area contributed by atoms with Gasteiger partial charge in [-0.05, 0) is 45.1 Å². The number of nitro benzene ring substituents is 1. The molecule has 178 valence electrons. The number of allylic oxidation sites excluding steroid dienone is 2. The molecule has 1 heterocycles. The molecule has 1 saturated carbocycles. The molecule has 1 N–H and O–H groups in total. The van der Waals surface area contributed by atoms with Crippen molar-refractivity contribution in [3.8, 4) is 0 Å². The van der Waals surface area contributed by atoms with E-state index in [4.69, 9.17) is 4.74 Å². The van der Waals surface area contributed by atoms with E-state index in [1.807, 2.05) is 0 Å². The lowest BCUT2D eigenvalue weighted by Crippen LogP contribution is -2.34. The summed E-state index contributed by atoms with van der Waals surface area (Å²) in [6.45, 7) is 1.21. The minimum atomic E-state index is -4.75. The van der Waals surface area contributed by atoms with E-state index in [0.29, 0.717) is 18.5 Å². The minimum absolute atomic E-state index is 0.00745. The summed E-state index contributed by atoms with van der Waals surface area (Å²) < 4.78 is 48.1. The number of hydrogen-bond donors (Lipinski definition) is 1. The fraction of sp³-hybridized carbons (Fsp3) is 0.455. The smallest absolute Gasteiger partial charge is 0.422 e. The normalized spacial score (nSPS) is 19.4. The van der Waals surface area contributed by atoms with E-state index >= 15 is 0 Å². The van der Waals surface area contributed by atoms with Gasteiger partial charge in [-0.15, -0.1) is 0 Å². The predicted molar refractivity (Wildman–Crippen MR) is 110 cm³/mol. The second-order valence-corrected chi connectivity index (χ2v) is 7.99. The molecule has 1 aromatic carbocycles. The summed E-state index contributed by atoms with van der Waals surface area (Å²) in [5.41, 5.74) is 0.137. The van der Waals surface area contributed by atoms with Crippen LogP contribution < -0.4 is 5.32 Å². The van der Waals surface area contributed by atoms with Crippen molar-refractivity contribution in [2.75, 3.05) is 6.61 Å². The largest absolute Gasteiger partial charge is 0.459 e. The summed E-state index contributed by atoms with van der Waals surface area (Å²) in [7, 11) is 0. The number of dihydropyridines is 1. The number of rotatable bonds is 6. The molecule has 1 aromatic rings. The van der Waals surface area contributed by atoms with Crippen LogP contribution in [0.2, 0.25) is 0 Å². The summed E-state index contributed by atoms with van der Waals surface area (Å²) in [6, 6.07) is 5.24. The lowest BCUT2D eigenvalue weighted by Gasteiger charge is -2.31. The van der Waals surface area contributed by atoms with Crippen LogP contribution in [0.3, 0.4) is 0 Å². The zero-order chi connectivity index (χ0) is 24.3. The highest BCUT2D eigenvalue weighted by Crippen LogP contribution is 2.41. The third-order valence-corrected chi connectivity index (χ3v) is 5.56. The molecule has 0 bridgehead atoms. The highest BCUT2D eigenvalue weighted by Gasteiger charge is 2.40. The molecule has 8 nitrogen and oxygen atoms in total. The second kappa shape index (κ2) is 9.63. The fourth-order valence-electron chi connectivity index (χ4n) is 4.13. The molecular formula is C22H23F3N2O6. The van der Waals surface area contributed by atoms with E-state index < -0.39 is 35.6 Å². The average Bonchev–Trinajstić information content (AvgIpc) is 3.23. The van der Waals surface area contributed by atoms with E-state index in [9.17, 15) is 32.9 Å². The third kappa shape index (κ3) is 5.71. The Morgan fingerprint density at radius 1 is 1.12 bits per heavy atom. The third-order valence-electron chi connectivity index (χ3n) is 5.56. The van der Waals surface area contributed by atoms with E-state index in [2.05, 4.69) is 10.1 Å². The molecule has 1 unspecified atom stereocenters. The second-order valence-electron chi connectivity index (χ2n) is 7.99. The minimum Gasteiger partial charge on any atom is -0.459 e. The molecule has 1 fully saturated rings. The number of nitro groups is 1. The Hall–Kier alpha value is -3.37. The van der Waals surface area contributed by atoms with Gasteiger partial charge in [-0.2, -0.15) is 13.2 Å². The van der Waals surface area contributed by atoms with Crippen molar-refractivity contribution in [2.24, 2.45) is 0 Å². The van der Waals surface area contributed by atoms with Gasteiger partial charge in [0, 0.05) is 23.5 Å². The predicted octanol–water partition coefficient (Wildman–Crippen LogP) is 4.42. The summed E-state index contributed by atoms with van der Waals surface area (Å²) in [5, 5.41) is 14.1. The first-order valence-electron chi connectivity index (χ1n) is 10.4. The van der Waals surface area contributed by atoms with Gasteiger partial charge in [0.05, 0.1) is 22.0 Å². The van der Waals surface area contributed by atoms with Gasteiger partial charge in [0.2, 0.25) is 0 Å². The SMILES string of the molecule is CC1=C(C(=O)OCC(F)(F)F)C(c2cccc([N+](=O)[O-])c2)C(C(=O)OC2CCCC2)=C(C)N1. The molecule has 1 atom stereocenters. The van der Waals surface area contributed by atoms with Crippen molar-refractivity contribution in [2.45, 2.75) is 57.7 Å². The monoisotopic (exact) mass is 468 g/mol. The number of nitrogens with one attached hydrogen (secondary N) is 1. The molecule has 1 aliphatic heterocycles. The topological polar surface area (TPSA) is 108 Å². The number of nitrogens with zero attached hydrogens (tertiary/aromatic N) is 1. The lowest BCUT2D eigenvalue weighted by molar-refractivity contribution is -0.384. The van der Waals surface area contributed by atoms with Crippen LogP contribution in [0.15, 0.2) is 46.8 Å². The van der Waals surface area contributed by atoms with Crippen LogP contribution in [0.1, 0.15) is 51.0 Å². The van der Waals surface area contributed by atoms with Crippen molar-refractivity contribution in [1.82, 2.24) is 5.32 Å². The first kappa shape index (κ1) is 24.3. The maximum atomic E-state index is 13.2. The van der Waals surface area contributed by atoms with Crippen LogP contribution in [-0.4, -0.2) is 35.7 Å². The first-order chi connectivity index (χ1) is 15.5. The molecule has 0 aromatic heterocycles. The van der Waals surface area contributed by atoms with Gasteiger partial charge in [-0.3, -0.25) is 10.1 Å². The Morgan fingerprint density at radius 2 is 1.73 bits per heavy atom. The van der Waals surface area contributed by atoms with Crippen LogP contribution >= 0.6 is 0 Å². The molecule has 2 aliphatic rings. The van der Waals surface area contributed by atoms with Crippen molar-refractivity contribution < 1.29 is 37.2 Å². The van der Waals surface area contributed by atoms with Crippen molar-refractivity contribution >= 4 is 17.6 Å². The van der Waals surface area contributed by atoms with E-state index in [-0.39, 0.29) is 34.2 Å². The Kier molecular flexibility index (Phi) is 7.09. The Balaban J connectivity index is 2.06. The van der Waals surface area contributed by atoms with Crippen LogP contribution in [0.4, 0.5) is 18.9 Å². The standard InChI is InChI=1S/C22H23F3N2O6/c1-12-17(20(28)32-11-22(23,24)25)19(14-6-5-7-15(10-14)27(30)31)18(13(2)26-12)21(29)33-16-8-3-4-9-16/h5-7,10,16,19,26H,3-4,8-9,11H2,1-2H3. The first-order valence-corrected chi connectivity index (χ1v) is 10.4. The number of halogens is 3. The van der Waals surface area contributed by atoms with Crippen molar-refractivity contribution in [3.63, 3.8) is 0 Å². The summed E-state index contributed by atoms with van der Waals surface area (Å²) >= 11 is 0. The number of carbonyl (C=O) groups excluding carboxylic acids is 2. The van der Waals surface area contributed by atoms with Gasteiger partial charge >= 0.3 is 18.1 Å². The zero-order valence-electron chi connectivity index (χ0n) is 18.0. The molecule has 0 radical (unpaired) electrons. The number of carbonyl (C=O) groups is 2. The number of hydrogen-bond acceptors (Lipinski definition) is 7. The van der Waals surface area contributed by atoms with Crippen molar-refractivity contribution in [3.05, 3.63) is 62.5 Å². The van der Waals surface area contributed by atoms with Crippen LogP contribution in [-0.2, 0) is 19.1 Å². The highest BCUT2D eigenvalue weighted by molar-refractivity contribution is 6.00. The maximum Gasteiger partial charge on any atom is 0.422 e. The summed E-state index contributed by atoms with van der Waals surface area (Å²) in [5.74, 6) is -3.23. The molecule has 0 amide bonds. The average molecular weight is 468 g/mol. The number of esters is 2. The van der Waals surface area contributed by atoms with E-state index in [1.54, 1.807) is 6.92 Å². The zero-order valence-corrected chi connectivity index (χ0v) is 18.0. The molecule has 0 saturated heterocycles. The van der Waals surface area contributed by atoms with Crippen LogP contribution in [0.5, 0.6) is 0 Å². The Labute approximate surface area is 187 Å². The molecule has 11 heteroatoms. The van der Waals surface area contributed by atoms with Crippen LogP contribution in [0.25, 0.3) is 0 Å². The quantitative estimate of drug-likeness (QED) is 0.374. The van der Waals surface area contributed by atoms with Gasteiger partial charge in [0.1, 0.15) is 6.10 Å². The highest BCUT2D eigenvalue weighted by atomic mass is 19.4. The molecular weight excluding hydrogens is 445 g/mol. The maximum absolute atomic E-state index is 13.2. The Bertz CT molecular complexity index is 1030. The molecule has 33 heavy (non-hydrogen) atoms. The summed E-state index contributed by atoms with van der Waals surface area (Å²) in [4.78, 5) is 36.6. The van der Waals surface area contributed by atoms with E-state index in [0.717, 1.165) is 12.8 Å². The number of ether oxygens (including phenoxy) is 2. The molecule has 0 spiro atoms. The number of non-ortho nitro benzene ring substituents is 1. The molecule has 1 aliphatic carbocycles. The van der Waals surface area contributed by atoms with Gasteiger partial charge in [0.15, 0.2) is 6.61 Å². The van der Waals surface area contributed by atoms with E-state index in [1.165, 1.54) is 31.2 Å². The van der Waals surface area contributed by atoms with Crippen molar-refractivity contribution in [1.29, 1.82) is 0 Å². The molecule has 3 rings (SSSR count).